The minimum absolute atomic E-state index is 0.0806. The van der Waals surface area contributed by atoms with Gasteiger partial charge in [-0.15, -0.1) is 0 Å². The average molecular weight is 298 g/mol. The minimum atomic E-state index is -0.366. The molecule has 0 unspecified atom stereocenters. The third kappa shape index (κ3) is 3.69. The molecule has 0 aromatic heterocycles. The van der Waals surface area contributed by atoms with Crippen LogP contribution in [0.4, 0.5) is 4.39 Å². The largest absolute Gasteiger partial charge is 0.306 e. The molecule has 0 fully saturated rings. The van der Waals surface area contributed by atoms with E-state index in [0.29, 0.717) is 17.1 Å². The SMILES string of the molecule is C[C@H](NCc1cccc(Cl)c1F)c1cccc(Cl)c1. The van der Waals surface area contributed by atoms with E-state index in [9.17, 15) is 4.39 Å². The molecule has 0 saturated carbocycles. The monoisotopic (exact) mass is 297 g/mol. The molecule has 19 heavy (non-hydrogen) atoms. The maximum Gasteiger partial charge on any atom is 0.146 e. The van der Waals surface area contributed by atoms with E-state index in [-0.39, 0.29) is 16.9 Å². The second-order valence-corrected chi connectivity index (χ2v) is 5.21. The highest BCUT2D eigenvalue weighted by molar-refractivity contribution is 6.31. The Morgan fingerprint density at radius 2 is 1.89 bits per heavy atom. The number of hydrogen-bond donors (Lipinski definition) is 1. The number of benzene rings is 2. The van der Waals surface area contributed by atoms with Gasteiger partial charge in [-0.05, 0) is 30.7 Å². The lowest BCUT2D eigenvalue weighted by Gasteiger charge is -2.15. The van der Waals surface area contributed by atoms with Crippen LogP contribution in [0.2, 0.25) is 10.0 Å². The molecular formula is C15H14Cl2FN. The van der Waals surface area contributed by atoms with E-state index in [4.69, 9.17) is 23.2 Å². The summed E-state index contributed by atoms with van der Waals surface area (Å²) in [5.41, 5.74) is 1.62. The molecule has 0 heterocycles. The van der Waals surface area contributed by atoms with Gasteiger partial charge in [-0.3, -0.25) is 0 Å². The quantitative estimate of drug-likeness (QED) is 0.839. The smallest absolute Gasteiger partial charge is 0.146 e. The maximum absolute atomic E-state index is 13.7. The molecule has 2 aromatic rings. The third-order valence-electron chi connectivity index (χ3n) is 2.98. The Bertz CT molecular complexity index is 572. The maximum atomic E-state index is 13.7. The van der Waals surface area contributed by atoms with Gasteiger partial charge in [-0.1, -0.05) is 47.5 Å². The molecule has 1 N–H and O–H groups in total. The molecule has 0 radical (unpaired) electrons. The number of nitrogens with one attached hydrogen (secondary N) is 1. The van der Waals surface area contributed by atoms with Crippen molar-refractivity contribution in [1.29, 1.82) is 0 Å². The van der Waals surface area contributed by atoms with Crippen LogP contribution in [0.1, 0.15) is 24.1 Å². The summed E-state index contributed by atoms with van der Waals surface area (Å²) >= 11 is 11.7. The fourth-order valence-electron chi connectivity index (χ4n) is 1.84. The van der Waals surface area contributed by atoms with Crippen molar-refractivity contribution in [2.24, 2.45) is 0 Å². The summed E-state index contributed by atoms with van der Waals surface area (Å²) in [6, 6.07) is 12.7. The zero-order chi connectivity index (χ0) is 13.8. The van der Waals surface area contributed by atoms with Crippen molar-refractivity contribution in [3.8, 4) is 0 Å². The molecular weight excluding hydrogens is 284 g/mol. The molecule has 1 atom stereocenters. The Morgan fingerprint density at radius 3 is 2.63 bits per heavy atom. The predicted molar refractivity (Wildman–Crippen MR) is 78.1 cm³/mol. The summed E-state index contributed by atoms with van der Waals surface area (Å²) in [7, 11) is 0. The summed E-state index contributed by atoms with van der Waals surface area (Å²) in [5, 5.41) is 4.10. The first-order chi connectivity index (χ1) is 9.08. The Hall–Kier alpha value is -1.09. The summed E-state index contributed by atoms with van der Waals surface area (Å²) in [6.45, 7) is 2.42. The van der Waals surface area contributed by atoms with Crippen LogP contribution in [0.3, 0.4) is 0 Å². The van der Waals surface area contributed by atoms with Gasteiger partial charge >= 0.3 is 0 Å². The molecule has 4 heteroatoms. The van der Waals surface area contributed by atoms with Crippen molar-refractivity contribution in [1.82, 2.24) is 5.32 Å². The second kappa shape index (κ2) is 6.38. The second-order valence-electron chi connectivity index (χ2n) is 4.37. The van der Waals surface area contributed by atoms with Gasteiger partial charge in [-0.25, -0.2) is 4.39 Å². The lowest BCUT2D eigenvalue weighted by Crippen LogP contribution is -2.18. The number of halogens is 3. The van der Waals surface area contributed by atoms with E-state index in [1.807, 2.05) is 31.2 Å². The van der Waals surface area contributed by atoms with Crippen LogP contribution in [-0.4, -0.2) is 0 Å². The molecule has 0 amide bonds. The first kappa shape index (κ1) is 14.3. The van der Waals surface area contributed by atoms with Crippen molar-refractivity contribution in [2.75, 3.05) is 0 Å². The molecule has 0 saturated heterocycles. The fourth-order valence-corrected chi connectivity index (χ4v) is 2.23. The molecule has 1 nitrogen and oxygen atoms in total. The van der Waals surface area contributed by atoms with E-state index in [0.717, 1.165) is 5.56 Å². The third-order valence-corrected chi connectivity index (χ3v) is 3.51. The summed E-state index contributed by atoms with van der Waals surface area (Å²) < 4.78 is 13.7. The molecule has 0 aliphatic rings. The van der Waals surface area contributed by atoms with Gasteiger partial charge in [0.05, 0.1) is 5.02 Å². The van der Waals surface area contributed by atoms with Gasteiger partial charge in [0, 0.05) is 23.2 Å². The van der Waals surface area contributed by atoms with Gasteiger partial charge in [0.1, 0.15) is 5.82 Å². The Balaban J connectivity index is 2.04. The topological polar surface area (TPSA) is 12.0 Å². The van der Waals surface area contributed by atoms with Crippen LogP contribution in [-0.2, 0) is 6.54 Å². The van der Waals surface area contributed by atoms with Crippen molar-refractivity contribution < 1.29 is 4.39 Å². The highest BCUT2D eigenvalue weighted by Gasteiger charge is 2.09. The summed E-state index contributed by atoms with van der Waals surface area (Å²) in [6.07, 6.45) is 0. The molecule has 2 rings (SSSR count). The van der Waals surface area contributed by atoms with E-state index in [1.54, 1.807) is 18.2 Å². The molecule has 100 valence electrons. The lowest BCUT2D eigenvalue weighted by molar-refractivity contribution is 0.544. The molecule has 0 spiro atoms. The van der Waals surface area contributed by atoms with Crippen molar-refractivity contribution >= 4 is 23.2 Å². The van der Waals surface area contributed by atoms with Crippen LogP contribution >= 0.6 is 23.2 Å². The van der Waals surface area contributed by atoms with Crippen molar-refractivity contribution in [2.45, 2.75) is 19.5 Å². The van der Waals surface area contributed by atoms with E-state index >= 15 is 0 Å². The van der Waals surface area contributed by atoms with Gasteiger partial charge in [0.2, 0.25) is 0 Å². The van der Waals surface area contributed by atoms with Crippen molar-refractivity contribution in [3.05, 3.63) is 69.5 Å². The standard InChI is InChI=1S/C15H14Cl2FN/c1-10(11-4-2-6-13(16)8-11)19-9-12-5-3-7-14(17)15(12)18/h2-8,10,19H,9H2,1H3/t10-/m0/s1. The predicted octanol–water partition coefficient (Wildman–Crippen LogP) is 4.98. The highest BCUT2D eigenvalue weighted by atomic mass is 35.5. The molecule has 0 bridgehead atoms. The zero-order valence-corrected chi connectivity index (χ0v) is 12.0. The van der Waals surface area contributed by atoms with E-state index < -0.39 is 0 Å². The summed E-state index contributed by atoms with van der Waals surface area (Å²) in [4.78, 5) is 0. The Morgan fingerprint density at radius 1 is 1.16 bits per heavy atom. The van der Waals surface area contributed by atoms with Crippen LogP contribution in [0.5, 0.6) is 0 Å². The number of hydrogen-bond acceptors (Lipinski definition) is 1. The first-order valence-corrected chi connectivity index (χ1v) is 6.75. The Kier molecular flexibility index (Phi) is 4.81. The zero-order valence-electron chi connectivity index (χ0n) is 10.5. The molecule has 2 aromatic carbocycles. The minimum Gasteiger partial charge on any atom is -0.306 e. The molecule has 0 aliphatic carbocycles. The molecule has 0 aliphatic heterocycles. The Labute approximate surface area is 122 Å². The van der Waals surface area contributed by atoms with Crippen LogP contribution in [0, 0.1) is 5.82 Å². The lowest BCUT2D eigenvalue weighted by atomic mass is 10.1. The van der Waals surface area contributed by atoms with Gasteiger partial charge in [0.15, 0.2) is 0 Å². The van der Waals surface area contributed by atoms with Crippen LogP contribution < -0.4 is 5.32 Å². The van der Waals surface area contributed by atoms with Crippen LogP contribution in [0.15, 0.2) is 42.5 Å². The van der Waals surface area contributed by atoms with Gasteiger partial charge in [0.25, 0.3) is 0 Å². The van der Waals surface area contributed by atoms with E-state index in [2.05, 4.69) is 5.32 Å². The highest BCUT2D eigenvalue weighted by Crippen LogP contribution is 2.20. The van der Waals surface area contributed by atoms with Crippen molar-refractivity contribution in [3.63, 3.8) is 0 Å². The average Bonchev–Trinajstić information content (AvgIpc) is 2.40. The summed E-state index contributed by atoms with van der Waals surface area (Å²) in [5.74, 6) is -0.366. The normalized spacial score (nSPS) is 12.4. The fraction of sp³-hybridized carbons (Fsp3) is 0.200. The number of rotatable bonds is 4. The van der Waals surface area contributed by atoms with Gasteiger partial charge < -0.3 is 5.32 Å². The van der Waals surface area contributed by atoms with Crippen LogP contribution in [0.25, 0.3) is 0 Å². The van der Waals surface area contributed by atoms with Gasteiger partial charge in [-0.2, -0.15) is 0 Å². The van der Waals surface area contributed by atoms with E-state index in [1.165, 1.54) is 0 Å². The first-order valence-electron chi connectivity index (χ1n) is 5.99.